The summed E-state index contributed by atoms with van der Waals surface area (Å²) in [5, 5.41) is 0. The lowest BCUT2D eigenvalue weighted by Gasteiger charge is -2.13. The molecule has 0 spiro atoms. The molecule has 0 saturated heterocycles. The second-order valence-electron chi connectivity index (χ2n) is 27.3. The van der Waals surface area contributed by atoms with Crippen molar-refractivity contribution in [2.45, 2.75) is 433 Å². The van der Waals surface area contributed by atoms with Gasteiger partial charge in [-0.25, -0.2) is 0 Å². The smallest absolute Gasteiger partial charge is 0.308 e. The zero-order valence-corrected chi connectivity index (χ0v) is 67.5. The molecule has 0 heterocycles. The zero-order valence-electron chi connectivity index (χ0n) is 67.5. The van der Waals surface area contributed by atoms with Crippen molar-refractivity contribution in [1.82, 2.24) is 0 Å². The van der Waals surface area contributed by atoms with Gasteiger partial charge in [0.15, 0.2) is 0 Å². The van der Waals surface area contributed by atoms with Gasteiger partial charge in [-0.05, 0) is 96.3 Å². The molecule has 0 amide bonds. The van der Waals surface area contributed by atoms with Gasteiger partial charge in [-0.2, -0.15) is 0 Å². The van der Waals surface area contributed by atoms with E-state index in [1.807, 2.05) is 20.8 Å². The third-order valence-electron chi connectivity index (χ3n) is 17.5. The monoisotopic (exact) mass is 1370 g/mol. The summed E-state index contributed by atoms with van der Waals surface area (Å²) in [6.45, 7) is 41.7. The van der Waals surface area contributed by atoms with Gasteiger partial charge in [0.2, 0.25) is 0 Å². The Kier molecular flexibility index (Phi) is 95.1. The summed E-state index contributed by atoms with van der Waals surface area (Å²) >= 11 is 0. The molecule has 0 N–H and O–H groups in total. The minimum atomic E-state index is -0.0247. The highest BCUT2D eigenvalue weighted by atomic mass is 16.6. The highest BCUT2D eigenvalue weighted by Crippen LogP contribution is 2.19. The van der Waals surface area contributed by atoms with Gasteiger partial charge in [0.1, 0.15) is 0 Å². The van der Waals surface area contributed by atoms with Crippen LogP contribution in [0, 0.1) is 35.5 Å². The fraction of sp³-hybridized carbons (Fsp3) is 0.929. The third kappa shape index (κ3) is 79.8. The van der Waals surface area contributed by atoms with Crippen LogP contribution in [0.15, 0.2) is 0 Å². The van der Waals surface area contributed by atoms with Crippen LogP contribution in [-0.4, -0.2) is 75.5 Å². The maximum atomic E-state index is 11.8. The van der Waals surface area contributed by atoms with Crippen LogP contribution >= 0.6 is 0 Å². The Morgan fingerprint density at radius 1 is 0.188 bits per heavy atom. The molecule has 0 aromatic heterocycles. The van der Waals surface area contributed by atoms with Gasteiger partial charge in [0.05, 0.1) is 75.1 Å². The lowest BCUT2D eigenvalue weighted by atomic mass is 10.00. The van der Waals surface area contributed by atoms with Crippen molar-refractivity contribution in [3.8, 4) is 0 Å². The van der Waals surface area contributed by atoms with E-state index in [0.29, 0.717) is 39.6 Å². The summed E-state index contributed by atoms with van der Waals surface area (Å²) < 4.78 is 31.6. The molecule has 6 unspecified atom stereocenters. The molecule has 12 nitrogen and oxygen atoms in total. The second kappa shape index (κ2) is 87.9. The van der Waals surface area contributed by atoms with Crippen LogP contribution < -0.4 is 0 Å². The number of hydrogen-bond acceptors (Lipinski definition) is 12. The minimum Gasteiger partial charge on any atom is -0.465 e. The van der Waals surface area contributed by atoms with Gasteiger partial charge < -0.3 is 28.4 Å². The molecule has 96 heavy (non-hydrogen) atoms. The summed E-state index contributed by atoms with van der Waals surface area (Å²) in [6.07, 6.45) is 54.7. The fourth-order valence-electron chi connectivity index (χ4n) is 10.5. The van der Waals surface area contributed by atoms with Crippen LogP contribution in [-0.2, 0) is 57.2 Å². The van der Waals surface area contributed by atoms with Gasteiger partial charge in [0, 0.05) is 0 Å². The lowest BCUT2D eigenvalue weighted by molar-refractivity contribution is -0.150. The molecule has 0 radical (unpaired) electrons. The van der Waals surface area contributed by atoms with Crippen molar-refractivity contribution in [2.75, 3.05) is 39.6 Å². The van der Waals surface area contributed by atoms with Crippen LogP contribution in [0.4, 0.5) is 0 Å². The Hall–Kier alpha value is -3.18. The van der Waals surface area contributed by atoms with Crippen molar-refractivity contribution >= 4 is 35.8 Å². The molecule has 0 aliphatic rings. The third-order valence-corrected chi connectivity index (χ3v) is 17.5. The van der Waals surface area contributed by atoms with Gasteiger partial charge >= 0.3 is 35.8 Å². The molecule has 0 aromatic carbocycles. The molecular formula is C84H168O12. The van der Waals surface area contributed by atoms with Crippen LogP contribution in [0.5, 0.6) is 0 Å². The Labute approximate surface area is 598 Å². The second-order valence-corrected chi connectivity index (χ2v) is 27.3. The van der Waals surface area contributed by atoms with E-state index in [-0.39, 0.29) is 71.3 Å². The summed E-state index contributed by atoms with van der Waals surface area (Å²) in [5.41, 5.74) is 0. The van der Waals surface area contributed by atoms with E-state index in [1.165, 1.54) is 154 Å². The molecule has 0 bridgehead atoms. The number of rotatable bonds is 60. The first-order valence-electron chi connectivity index (χ1n) is 41.4. The Morgan fingerprint density at radius 3 is 0.510 bits per heavy atom. The minimum absolute atomic E-state index is 0.0181. The zero-order chi connectivity index (χ0) is 73.4. The standard InChI is InChI=1S/C16H32O2.4C14H28O2.C12H24O2/c1-4-7-9-10-11-12-14-18-16(17)15(6-3)13-8-5-2;2*1-4-6-7-8-9-10-12-16-14(15)13(3)11-5-2;2*1-4-7-9-10-12-16-14(15)13(6-3)11-8-5-2;1-4-6-7-8-10-14-12(13)11(3)9-5-2/h15H,4-14H2,1-3H3;4*13H,4-12H2,1-3H3;11H,4-10H2,1-3H3. The predicted molar refractivity (Wildman–Crippen MR) is 410 cm³/mol. The van der Waals surface area contributed by atoms with Crippen molar-refractivity contribution < 1.29 is 57.2 Å². The lowest BCUT2D eigenvalue weighted by Crippen LogP contribution is -2.17. The number of carbonyl (C=O) groups excluding carboxylic acids is 6. The highest BCUT2D eigenvalue weighted by molar-refractivity contribution is 5.74. The van der Waals surface area contributed by atoms with E-state index >= 15 is 0 Å². The number of unbranched alkanes of at least 4 members (excludes halogenated alkanes) is 27. The largest absolute Gasteiger partial charge is 0.465 e. The quantitative estimate of drug-likeness (QED) is 0.0323. The van der Waals surface area contributed by atoms with E-state index in [1.54, 1.807) is 0 Å². The molecule has 6 atom stereocenters. The molecular weight excluding hydrogens is 1200 g/mol. The van der Waals surface area contributed by atoms with E-state index in [4.69, 9.17) is 28.4 Å². The average Bonchev–Trinajstić information content (AvgIpc) is 3.44. The molecule has 0 rings (SSSR count). The first-order valence-corrected chi connectivity index (χ1v) is 41.4. The number of hydrogen-bond donors (Lipinski definition) is 0. The van der Waals surface area contributed by atoms with Crippen molar-refractivity contribution in [1.29, 1.82) is 0 Å². The molecule has 12 heteroatoms. The topological polar surface area (TPSA) is 158 Å². The Bertz CT molecular complexity index is 1510. The maximum Gasteiger partial charge on any atom is 0.308 e. The van der Waals surface area contributed by atoms with Gasteiger partial charge in [-0.15, -0.1) is 0 Å². The number of carbonyl (C=O) groups is 6. The van der Waals surface area contributed by atoms with Crippen LogP contribution in [0.1, 0.15) is 433 Å². The van der Waals surface area contributed by atoms with Crippen molar-refractivity contribution in [3.63, 3.8) is 0 Å². The van der Waals surface area contributed by atoms with Crippen LogP contribution in [0.2, 0.25) is 0 Å². The van der Waals surface area contributed by atoms with Gasteiger partial charge in [0.25, 0.3) is 0 Å². The summed E-state index contributed by atoms with van der Waals surface area (Å²) in [5.74, 6) is 0.622. The predicted octanol–water partition coefficient (Wildman–Crippen LogP) is 26.0. The van der Waals surface area contributed by atoms with Gasteiger partial charge in [-0.1, -0.05) is 337 Å². The van der Waals surface area contributed by atoms with Crippen LogP contribution in [0.25, 0.3) is 0 Å². The highest BCUT2D eigenvalue weighted by Gasteiger charge is 2.20. The van der Waals surface area contributed by atoms with Crippen LogP contribution in [0.3, 0.4) is 0 Å². The summed E-state index contributed by atoms with van der Waals surface area (Å²) in [7, 11) is 0. The molecule has 0 aliphatic carbocycles. The van der Waals surface area contributed by atoms with Gasteiger partial charge in [-0.3, -0.25) is 28.8 Å². The van der Waals surface area contributed by atoms with Crippen molar-refractivity contribution in [2.24, 2.45) is 35.5 Å². The Morgan fingerprint density at radius 2 is 0.344 bits per heavy atom. The SMILES string of the molecule is CCCCCCCCOC(=O)C(C)CCC.CCCCCCCCOC(=O)C(C)CCC.CCCCCCCCOC(=O)C(CC)CCCC.CCCCCCOC(=O)C(C)CCC.CCCCCCOC(=O)C(CC)CCCC.CCCCCCOC(=O)C(CC)CCCC. The maximum absolute atomic E-state index is 11.8. The normalized spacial score (nSPS) is 12.4. The molecule has 0 fully saturated rings. The van der Waals surface area contributed by atoms with E-state index in [2.05, 4.69) is 104 Å². The molecule has 0 aliphatic heterocycles. The number of ether oxygens (including phenoxy) is 6. The molecule has 0 saturated carbocycles. The Balaban J connectivity index is -0.000000253. The van der Waals surface area contributed by atoms with E-state index in [0.717, 1.165) is 154 Å². The van der Waals surface area contributed by atoms with E-state index in [9.17, 15) is 28.8 Å². The van der Waals surface area contributed by atoms with E-state index < -0.39 is 0 Å². The summed E-state index contributed by atoms with van der Waals surface area (Å²) in [4.78, 5) is 69.4. The average molecular weight is 1370 g/mol. The number of esters is 6. The first kappa shape index (κ1) is 104. The fourth-order valence-corrected chi connectivity index (χ4v) is 10.5. The van der Waals surface area contributed by atoms with Crippen molar-refractivity contribution in [3.05, 3.63) is 0 Å². The molecule has 0 aromatic rings. The summed E-state index contributed by atoms with van der Waals surface area (Å²) in [6, 6.07) is 0. The molecule has 576 valence electrons. The first-order chi connectivity index (χ1) is 46.4.